The van der Waals surface area contributed by atoms with Crippen molar-refractivity contribution in [2.75, 3.05) is 25.6 Å². The van der Waals surface area contributed by atoms with Crippen LogP contribution in [0, 0.1) is 6.92 Å². The summed E-state index contributed by atoms with van der Waals surface area (Å²) in [5.41, 5.74) is 2.33. The van der Waals surface area contributed by atoms with E-state index in [0.29, 0.717) is 0 Å². The molecule has 0 unspecified atom stereocenters. The molecule has 0 aliphatic heterocycles. The Bertz CT molecular complexity index is 366. The van der Waals surface area contributed by atoms with Crippen LogP contribution >= 0.6 is 0 Å². The smallest absolute Gasteiger partial charge is 0.133 e. The van der Waals surface area contributed by atoms with E-state index >= 15 is 0 Å². The number of methoxy groups -OCH3 is 1. The lowest BCUT2D eigenvalue weighted by atomic mass is 10.1. The van der Waals surface area contributed by atoms with Crippen LogP contribution in [0.1, 0.15) is 43.8 Å². The molecule has 1 aromatic heterocycles. The van der Waals surface area contributed by atoms with Crippen molar-refractivity contribution in [1.29, 1.82) is 0 Å². The summed E-state index contributed by atoms with van der Waals surface area (Å²) in [5.74, 6) is 1.93. The van der Waals surface area contributed by atoms with Crippen LogP contribution in [0.4, 0.5) is 5.82 Å². The number of ether oxygens (including phenoxy) is 1. The number of hydrogen-bond acceptors (Lipinski definition) is 4. The highest BCUT2D eigenvalue weighted by Crippen LogP contribution is 2.17. The molecule has 0 aliphatic rings. The predicted octanol–water partition coefficient (Wildman–Crippen LogP) is 2.75. The molecule has 1 heterocycles. The molecular formula is C14H25N3O. The van der Waals surface area contributed by atoms with Gasteiger partial charge in [-0.15, -0.1) is 0 Å². The van der Waals surface area contributed by atoms with E-state index in [1.54, 1.807) is 7.11 Å². The topological polar surface area (TPSA) is 47.0 Å². The molecule has 1 aromatic rings. The molecule has 0 aliphatic carbocycles. The van der Waals surface area contributed by atoms with Crippen LogP contribution in [0.15, 0.2) is 0 Å². The number of aromatic nitrogens is 2. The fraction of sp³-hybridized carbons (Fsp3) is 0.714. The normalized spacial score (nSPS) is 10.7. The molecule has 0 saturated heterocycles. The molecule has 0 radical (unpaired) electrons. The van der Waals surface area contributed by atoms with Crippen LogP contribution in [-0.4, -0.2) is 30.2 Å². The van der Waals surface area contributed by atoms with Gasteiger partial charge in [-0.1, -0.05) is 13.8 Å². The van der Waals surface area contributed by atoms with Crippen molar-refractivity contribution in [2.45, 2.75) is 46.5 Å². The largest absolute Gasteiger partial charge is 0.385 e. The van der Waals surface area contributed by atoms with Gasteiger partial charge in [0.2, 0.25) is 0 Å². The highest BCUT2D eigenvalue weighted by atomic mass is 16.5. The van der Waals surface area contributed by atoms with E-state index in [4.69, 9.17) is 4.74 Å². The molecule has 0 amide bonds. The monoisotopic (exact) mass is 251 g/mol. The number of anilines is 1. The van der Waals surface area contributed by atoms with E-state index in [9.17, 15) is 0 Å². The second-order valence-corrected chi connectivity index (χ2v) is 4.43. The number of nitrogens with zero attached hydrogens (tertiary/aromatic N) is 2. The fourth-order valence-corrected chi connectivity index (χ4v) is 1.95. The van der Waals surface area contributed by atoms with E-state index < -0.39 is 0 Å². The average molecular weight is 251 g/mol. The second kappa shape index (κ2) is 8.03. The van der Waals surface area contributed by atoms with Gasteiger partial charge < -0.3 is 10.1 Å². The highest BCUT2D eigenvalue weighted by molar-refractivity contribution is 5.46. The van der Waals surface area contributed by atoms with Crippen LogP contribution in [-0.2, 0) is 17.6 Å². The van der Waals surface area contributed by atoms with Crippen LogP contribution in [0.25, 0.3) is 0 Å². The standard InChI is InChI=1S/C14H25N3O/c1-5-9-15-14-12(6-2)11(3)16-13(17-14)8-7-10-18-4/h5-10H2,1-4H3,(H,15,16,17). The lowest BCUT2D eigenvalue weighted by Gasteiger charge is -2.13. The molecule has 0 fully saturated rings. The second-order valence-electron chi connectivity index (χ2n) is 4.43. The van der Waals surface area contributed by atoms with Crippen molar-refractivity contribution < 1.29 is 4.74 Å². The molecule has 4 nitrogen and oxygen atoms in total. The maximum absolute atomic E-state index is 5.06. The van der Waals surface area contributed by atoms with E-state index in [2.05, 4.69) is 36.1 Å². The van der Waals surface area contributed by atoms with Crippen LogP contribution in [0.2, 0.25) is 0 Å². The summed E-state index contributed by atoms with van der Waals surface area (Å²) in [6, 6.07) is 0. The Morgan fingerprint density at radius 2 is 2.00 bits per heavy atom. The van der Waals surface area contributed by atoms with Crippen molar-refractivity contribution in [2.24, 2.45) is 0 Å². The number of aryl methyl sites for hydroxylation is 2. The molecule has 0 saturated carbocycles. The lowest BCUT2D eigenvalue weighted by molar-refractivity contribution is 0.194. The zero-order chi connectivity index (χ0) is 13.4. The van der Waals surface area contributed by atoms with Crippen LogP contribution < -0.4 is 5.32 Å². The Balaban J connectivity index is 2.83. The first kappa shape index (κ1) is 14.9. The maximum Gasteiger partial charge on any atom is 0.133 e. The Kier molecular flexibility index (Phi) is 6.65. The Labute approximate surface area is 110 Å². The van der Waals surface area contributed by atoms with E-state index in [1.807, 2.05) is 0 Å². The van der Waals surface area contributed by atoms with Crippen molar-refractivity contribution in [3.63, 3.8) is 0 Å². The number of rotatable bonds is 8. The minimum absolute atomic E-state index is 0.760. The fourth-order valence-electron chi connectivity index (χ4n) is 1.95. The van der Waals surface area contributed by atoms with Gasteiger partial charge in [-0.2, -0.15) is 0 Å². The Morgan fingerprint density at radius 3 is 2.61 bits per heavy atom. The molecule has 1 rings (SSSR count). The average Bonchev–Trinajstić information content (AvgIpc) is 2.36. The van der Waals surface area contributed by atoms with Gasteiger partial charge >= 0.3 is 0 Å². The predicted molar refractivity (Wildman–Crippen MR) is 75.1 cm³/mol. The van der Waals surface area contributed by atoms with Gasteiger partial charge in [0.05, 0.1) is 0 Å². The van der Waals surface area contributed by atoms with Crippen LogP contribution in [0.3, 0.4) is 0 Å². The van der Waals surface area contributed by atoms with Crippen molar-refractivity contribution in [1.82, 2.24) is 9.97 Å². The molecule has 1 N–H and O–H groups in total. The summed E-state index contributed by atoms with van der Waals surface area (Å²) >= 11 is 0. The van der Waals surface area contributed by atoms with Crippen molar-refractivity contribution in [3.8, 4) is 0 Å². The Morgan fingerprint density at radius 1 is 1.22 bits per heavy atom. The van der Waals surface area contributed by atoms with E-state index in [1.165, 1.54) is 5.56 Å². The molecule has 0 atom stereocenters. The summed E-state index contributed by atoms with van der Waals surface area (Å²) in [5, 5.41) is 3.40. The third kappa shape index (κ3) is 4.26. The molecule has 0 aromatic carbocycles. The van der Waals surface area contributed by atoms with Crippen molar-refractivity contribution in [3.05, 3.63) is 17.1 Å². The molecule has 4 heteroatoms. The quantitative estimate of drug-likeness (QED) is 0.722. The van der Waals surface area contributed by atoms with E-state index in [-0.39, 0.29) is 0 Å². The SMILES string of the molecule is CCCNc1nc(CCCOC)nc(C)c1CC. The summed E-state index contributed by atoms with van der Waals surface area (Å²) in [6.07, 6.45) is 3.91. The third-order valence-corrected chi connectivity index (χ3v) is 2.91. The van der Waals surface area contributed by atoms with Crippen LogP contribution in [0.5, 0.6) is 0 Å². The van der Waals surface area contributed by atoms with Gasteiger partial charge in [0.1, 0.15) is 11.6 Å². The molecule has 102 valence electrons. The van der Waals surface area contributed by atoms with Gasteiger partial charge in [0, 0.05) is 37.9 Å². The summed E-state index contributed by atoms with van der Waals surface area (Å²) in [4.78, 5) is 9.21. The van der Waals surface area contributed by atoms with Gasteiger partial charge in [-0.05, 0) is 26.2 Å². The minimum atomic E-state index is 0.760. The zero-order valence-corrected chi connectivity index (χ0v) is 12.0. The first-order valence-electron chi connectivity index (χ1n) is 6.82. The van der Waals surface area contributed by atoms with Gasteiger partial charge in [0.15, 0.2) is 0 Å². The first-order chi connectivity index (χ1) is 8.72. The molecule has 0 bridgehead atoms. The zero-order valence-electron chi connectivity index (χ0n) is 12.0. The van der Waals surface area contributed by atoms with Gasteiger partial charge in [-0.3, -0.25) is 0 Å². The third-order valence-electron chi connectivity index (χ3n) is 2.91. The number of hydrogen-bond donors (Lipinski definition) is 1. The van der Waals surface area contributed by atoms with Gasteiger partial charge in [0.25, 0.3) is 0 Å². The molecule has 0 spiro atoms. The minimum Gasteiger partial charge on any atom is -0.385 e. The Hall–Kier alpha value is -1.16. The molecular weight excluding hydrogens is 226 g/mol. The van der Waals surface area contributed by atoms with E-state index in [0.717, 1.165) is 56.2 Å². The summed E-state index contributed by atoms with van der Waals surface area (Å²) in [7, 11) is 1.72. The summed E-state index contributed by atoms with van der Waals surface area (Å²) in [6.45, 7) is 8.09. The maximum atomic E-state index is 5.06. The summed E-state index contributed by atoms with van der Waals surface area (Å²) < 4.78 is 5.06. The number of nitrogens with one attached hydrogen (secondary N) is 1. The van der Waals surface area contributed by atoms with Crippen molar-refractivity contribution >= 4 is 5.82 Å². The first-order valence-corrected chi connectivity index (χ1v) is 6.82. The van der Waals surface area contributed by atoms with Gasteiger partial charge in [-0.25, -0.2) is 9.97 Å². The lowest BCUT2D eigenvalue weighted by Crippen LogP contribution is -2.11. The molecule has 18 heavy (non-hydrogen) atoms. The highest BCUT2D eigenvalue weighted by Gasteiger charge is 2.09.